The molecule has 1 heterocycles. The topological polar surface area (TPSA) is 67.9 Å². The van der Waals surface area contributed by atoms with E-state index in [1.54, 1.807) is 24.3 Å². The predicted molar refractivity (Wildman–Crippen MR) is 50.8 cm³/mol. The van der Waals surface area contributed by atoms with Gasteiger partial charge in [0, 0.05) is 4.47 Å². The molecule has 1 fully saturated rings. The molecule has 14 heavy (non-hydrogen) atoms. The average Bonchev–Trinajstić information content (AvgIpc) is 2.47. The van der Waals surface area contributed by atoms with Gasteiger partial charge in [-0.25, -0.2) is 0 Å². The van der Waals surface area contributed by atoms with E-state index in [4.69, 9.17) is 0 Å². The molecule has 0 spiro atoms. The monoisotopic (exact) mass is 280 g/mol. The zero-order valence-electron chi connectivity index (χ0n) is 6.68. The molecule has 0 radical (unpaired) electrons. The molecule has 1 aromatic rings. The van der Waals surface area contributed by atoms with E-state index in [0.717, 1.165) is 5.17 Å². The van der Waals surface area contributed by atoms with Crippen molar-refractivity contribution >= 4 is 32.0 Å². The molecule has 0 aromatic heterocycles. The maximum Gasteiger partial charge on any atom is 0.440 e. The first-order valence-electron chi connectivity index (χ1n) is 3.52. The molecule has 0 amide bonds. The maximum absolute atomic E-state index is 10.8. The Morgan fingerprint density at radius 2 is 2.07 bits per heavy atom. The van der Waals surface area contributed by atoms with E-state index >= 15 is 0 Å². The summed E-state index contributed by atoms with van der Waals surface area (Å²) >= 11 is 3.23. The van der Waals surface area contributed by atoms with E-state index in [0.29, 0.717) is 10.2 Å². The molecule has 2 rings (SSSR count). The lowest BCUT2D eigenvalue weighted by Crippen LogP contribution is -2.28. The standard InChI is InChI=1S/C6H5BrN2O4S/c7-5-3-1-2-4-6(5)9-8-12-14(10,11)13-9/h1-4,8H. The molecule has 0 bridgehead atoms. The van der Waals surface area contributed by atoms with Crippen molar-refractivity contribution in [2.45, 2.75) is 0 Å². The molecule has 1 aliphatic heterocycles. The van der Waals surface area contributed by atoms with Gasteiger partial charge in [-0.15, -0.1) is 13.7 Å². The Kier molecular flexibility index (Phi) is 2.45. The normalized spacial score (nSPS) is 19.9. The molecule has 76 valence electrons. The summed E-state index contributed by atoms with van der Waals surface area (Å²) in [5.41, 5.74) is 2.59. The molecule has 6 nitrogen and oxygen atoms in total. The van der Waals surface area contributed by atoms with Gasteiger partial charge in [0.25, 0.3) is 0 Å². The summed E-state index contributed by atoms with van der Waals surface area (Å²) < 4.78 is 30.8. The first kappa shape index (κ1) is 9.87. The van der Waals surface area contributed by atoms with Crippen molar-refractivity contribution in [3.8, 4) is 0 Å². The molecular weight excluding hydrogens is 276 g/mol. The van der Waals surface area contributed by atoms with Crippen LogP contribution in [0.2, 0.25) is 0 Å². The first-order valence-corrected chi connectivity index (χ1v) is 5.64. The van der Waals surface area contributed by atoms with Gasteiger partial charge in [0.2, 0.25) is 0 Å². The van der Waals surface area contributed by atoms with Gasteiger partial charge >= 0.3 is 10.4 Å². The number of hydrazine groups is 1. The highest BCUT2D eigenvalue weighted by molar-refractivity contribution is 9.10. The number of nitrogens with zero attached hydrogens (tertiary/aromatic N) is 1. The minimum absolute atomic E-state index is 0.494. The van der Waals surface area contributed by atoms with Crippen molar-refractivity contribution in [3.05, 3.63) is 28.7 Å². The lowest BCUT2D eigenvalue weighted by atomic mass is 10.3. The van der Waals surface area contributed by atoms with Gasteiger partial charge in [-0.2, -0.15) is 8.42 Å². The van der Waals surface area contributed by atoms with Crippen LogP contribution in [0.5, 0.6) is 0 Å². The number of rotatable bonds is 1. The van der Waals surface area contributed by atoms with Crippen LogP contribution < -0.4 is 10.8 Å². The molecule has 0 atom stereocenters. The highest BCUT2D eigenvalue weighted by Crippen LogP contribution is 2.27. The molecule has 1 aromatic carbocycles. The molecule has 0 aliphatic carbocycles. The van der Waals surface area contributed by atoms with Gasteiger partial charge in [-0.3, -0.25) is 0 Å². The van der Waals surface area contributed by atoms with Crippen LogP contribution in [0.3, 0.4) is 0 Å². The van der Waals surface area contributed by atoms with E-state index in [9.17, 15) is 8.42 Å². The zero-order chi connectivity index (χ0) is 10.2. The SMILES string of the molecule is O=S1(=O)ONN(c2ccccc2Br)O1. The van der Waals surface area contributed by atoms with Gasteiger partial charge in [0.15, 0.2) is 0 Å². The van der Waals surface area contributed by atoms with Gasteiger partial charge in [-0.1, -0.05) is 17.7 Å². The Hall–Kier alpha value is -0.670. The van der Waals surface area contributed by atoms with E-state index in [1.807, 2.05) is 0 Å². The second kappa shape index (κ2) is 3.48. The van der Waals surface area contributed by atoms with Crippen molar-refractivity contribution in [3.63, 3.8) is 0 Å². The third kappa shape index (κ3) is 1.88. The van der Waals surface area contributed by atoms with Crippen LogP contribution in [-0.2, 0) is 19.0 Å². The second-order valence-corrected chi connectivity index (χ2v) is 4.39. The number of anilines is 1. The minimum atomic E-state index is -3.97. The van der Waals surface area contributed by atoms with Gasteiger partial charge in [-0.05, 0) is 28.1 Å². The van der Waals surface area contributed by atoms with Gasteiger partial charge < -0.3 is 0 Å². The maximum atomic E-state index is 10.8. The number of nitrogens with one attached hydrogen (secondary N) is 1. The number of benzene rings is 1. The molecule has 1 saturated heterocycles. The summed E-state index contributed by atoms with van der Waals surface area (Å²) in [5.74, 6) is 0. The third-order valence-electron chi connectivity index (χ3n) is 1.46. The Balaban J connectivity index is 2.30. The summed E-state index contributed by atoms with van der Waals surface area (Å²) in [7, 11) is -3.97. The summed E-state index contributed by atoms with van der Waals surface area (Å²) in [6.07, 6.45) is 0. The highest BCUT2D eigenvalue weighted by Gasteiger charge is 2.29. The largest absolute Gasteiger partial charge is 0.440 e. The third-order valence-corrected chi connectivity index (χ3v) is 2.74. The van der Waals surface area contributed by atoms with E-state index in [-0.39, 0.29) is 0 Å². The fraction of sp³-hybridized carbons (Fsp3) is 0. The van der Waals surface area contributed by atoms with E-state index in [1.165, 1.54) is 0 Å². The van der Waals surface area contributed by atoms with Crippen LogP contribution in [0.1, 0.15) is 0 Å². The molecule has 0 unspecified atom stereocenters. The van der Waals surface area contributed by atoms with Crippen molar-refractivity contribution in [1.29, 1.82) is 0 Å². The molecule has 1 N–H and O–H groups in total. The number of halogens is 1. The van der Waals surface area contributed by atoms with Crippen LogP contribution >= 0.6 is 15.9 Å². The lowest BCUT2D eigenvalue weighted by molar-refractivity contribution is 0.198. The number of hydrogen-bond donors (Lipinski definition) is 1. The molecular formula is C6H5BrN2O4S. The Morgan fingerprint density at radius 3 is 2.64 bits per heavy atom. The van der Waals surface area contributed by atoms with Crippen LogP contribution in [0, 0.1) is 0 Å². The Bertz CT molecular complexity index is 449. The van der Waals surface area contributed by atoms with Crippen molar-refractivity contribution < 1.29 is 17.0 Å². The van der Waals surface area contributed by atoms with Crippen LogP contribution in [0.25, 0.3) is 0 Å². The van der Waals surface area contributed by atoms with Crippen LogP contribution in [0.4, 0.5) is 5.69 Å². The second-order valence-electron chi connectivity index (χ2n) is 2.40. The zero-order valence-corrected chi connectivity index (χ0v) is 9.08. The van der Waals surface area contributed by atoms with Gasteiger partial charge in [0.05, 0.1) is 0 Å². The average molecular weight is 281 g/mol. The number of para-hydroxylation sites is 1. The first-order chi connectivity index (χ1) is 6.58. The Morgan fingerprint density at radius 1 is 1.36 bits per heavy atom. The number of hydrogen-bond acceptors (Lipinski definition) is 6. The lowest BCUT2D eigenvalue weighted by Gasteiger charge is -2.11. The fourth-order valence-electron chi connectivity index (χ4n) is 0.907. The summed E-state index contributed by atoms with van der Waals surface area (Å²) in [5, 5.41) is 0.902. The molecule has 0 saturated carbocycles. The van der Waals surface area contributed by atoms with Crippen molar-refractivity contribution in [1.82, 2.24) is 5.59 Å². The quantitative estimate of drug-likeness (QED) is 0.824. The minimum Gasteiger partial charge on any atom is -0.165 e. The summed E-state index contributed by atoms with van der Waals surface area (Å²) in [4.78, 5) is 0. The smallest absolute Gasteiger partial charge is 0.165 e. The van der Waals surface area contributed by atoms with Gasteiger partial charge in [0.1, 0.15) is 5.69 Å². The summed E-state index contributed by atoms with van der Waals surface area (Å²) in [6, 6.07) is 6.92. The van der Waals surface area contributed by atoms with Crippen molar-refractivity contribution in [2.75, 3.05) is 5.17 Å². The van der Waals surface area contributed by atoms with Crippen LogP contribution in [-0.4, -0.2) is 8.42 Å². The van der Waals surface area contributed by atoms with Crippen molar-refractivity contribution in [2.24, 2.45) is 0 Å². The highest BCUT2D eigenvalue weighted by atomic mass is 79.9. The fourth-order valence-corrected chi connectivity index (χ4v) is 1.84. The molecule has 1 aliphatic rings. The Labute approximate surface area is 88.8 Å². The van der Waals surface area contributed by atoms with E-state index < -0.39 is 10.4 Å². The molecule has 8 heteroatoms. The van der Waals surface area contributed by atoms with Crippen LogP contribution in [0.15, 0.2) is 28.7 Å². The van der Waals surface area contributed by atoms with E-state index in [2.05, 4.69) is 30.1 Å². The summed E-state index contributed by atoms with van der Waals surface area (Å²) in [6.45, 7) is 0. The predicted octanol–water partition coefficient (Wildman–Crippen LogP) is 0.882.